The lowest BCUT2D eigenvalue weighted by molar-refractivity contribution is 0.0832. The third kappa shape index (κ3) is 2.14. The largest absolute Gasteiger partial charge is 0.382 e. The highest BCUT2D eigenvalue weighted by Crippen LogP contribution is 2.30. The minimum atomic E-state index is 0.336. The fraction of sp³-hybridized carbons (Fsp3) is 0.417. The van der Waals surface area contributed by atoms with Crippen LogP contribution in [-0.4, -0.2) is 43.0 Å². The van der Waals surface area contributed by atoms with Gasteiger partial charge in [0.15, 0.2) is 16.6 Å². The third-order valence-corrected chi connectivity index (χ3v) is 4.44. The van der Waals surface area contributed by atoms with Gasteiger partial charge in [-0.25, -0.2) is 9.97 Å². The van der Waals surface area contributed by atoms with Crippen molar-refractivity contribution in [2.24, 2.45) is 0 Å². The Kier molecular flexibility index (Phi) is 3.00. The molecule has 3 aromatic heterocycles. The van der Waals surface area contributed by atoms with E-state index in [1.165, 1.54) is 11.3 Å². The molecule has 8 nitrogen and oxygen atoms in total. The quantitative estimate of drug-likeness (QED) is 0.756. The first kappa shape index (κ1) is 12.6. The standard InChI is InChI=1S/C12H13N7OS/c13-9-8(14-3-4-15-9)11-18-19-10(16-17-12(19)21-11)7-1-5-20-6-2-7/h3-4,7H,1-2,5-6H2,(H2,13,15). The molecule has 4 rings (SSSR count). The van der Waals surface area contributed by atoms with Crippen molar-refractivity contribution in [2.45, 2.75) is 18.8 Å². The molecule has 1 fully saturated rings. The van der Waals surface area contributed by atoms with Crippen LogP contribution in [0.1, 0.15) is 24.6 Å². The van der Waals surface area contributed by atoms with Crippen LogP contribution in [0.3, 0.4) is 0 Å². The minimum Gasteiger partial charge on any atom is -0.382 e. The molecule has 0 aliphatic carbocycles. The van der Waals surface area contributed by atoms with Crippen LogP contribution >= 0.6 is 11.3 Å². The van der Waals surface area contributed by atoms with Gasteiger partial charge in [0, 0.05) is 31.5 Å². The molecule has 0 spiro atoms. The van der Waals surface area contributed by atoms with Crippen LogP contribution in [-0.2, 0) is 4.74 Å². The summed E-state index contributed by atoms with van der Waals surface area (Å²) in [6.07, 6.45) is 5.06. The van der Waals surface area contributed by atoms with Gasteiger partial charge in [0.25, 0.3) is 0 Å². The average Bonchev–Trinajstić information content (AvgIpc) is 3.08. The van der Waals surface area contributed by atoms with Crippen LogP contribution in [0.15, 0.2) is 12.4 Å². The fourth-order valence-corrected chi connectivity index (χ4v) is 3.30. The summed E-state index contributed by atoms with van der Waals surface area (Å²) in [5, 5.41) is 13.8. The van der Waals surface area contributed by atoms with Gasteiger partial charge in [0.05, 0.1) is 0 Å². The number of nitrogen functional groups attached to an aromatic ring is 1. The highest BCUT2D eigenvalue weighted by molar-refractivity contribution is 7.19. The van der Waals surface area contributed by atoms with Gasteiger partial charge in [-0.3, -0.25) is 0 Å². The molecule has 0 saturated carbocycles. The molecule has 0 aromatic carbocycles. The molecule has 1 aliphatic heterocycles. The topological polar surface area (TPSA) is 104 Å². The number of hydrogen-bond acceptors (Lipinski definition) is 8. The maximum atomic E-state index is 5.86. The number of aromatic nitrogens is 6. The maximum absolute atomic E-state index is 5.86. The summed E-state index contributed by atoms with van der Waals surface area (Å²) in [5.74, 6) is 1.59. The summed E-state index contributed by atoms with van der Waals surface area (Å²) < 4.78 is 7.19. The Balaban J connectivity index is 1.77. The van der Waals surface area contributed by atoms with Crippen molar-refractivity contribution in [3.63, 3.8) is 0 Å². The van der Waals surface area contributed by atoms with Gasteiger partial charge < -0.3 is 10.5 Å². The summed E-state index contributed by atoms with van der Waals surface area (Å²) in [7, 11) is 0. The first-order chi connectivity index (χ1) is 10.3. The molecule has 4 heterocycles. The van der Waals surface area contributed by atoms with Gasteiger partial charge in [-0.2, -0.15) is 9.61 Å². The normalized spacial score (nSPS) is 16.6. The maximum Gasteiger partial charge on any atom is 0.235 e. The molecular formula is C12H13N7OS. The SMILES string of the molecule is Nc1nccnc1-c1nn2c(C3CCOCC3)nnc2s1. The second kappa shape index (κ2) is 5.01. The van der Waals surface area contributed by atoms with Gasteiger partial charge in [-0.15, -0.1) is 10.2 Å². The third-order valence-electron chi connectivity index (χ3n) is 3.53. The van der Waals surface area contributed by atoms with E-state index in [1.807, 2.05) is 0 Å². The van der Waals surface area contributed by atoms with Gasteiger partial charge in [0.1, 0.15) is 5.69 Å². The Morgan fingerprint density at radius 2 is 2.00 bits per heavy atom. The van der Waals surface area contributed by atoms with Crippen molar-refractivity contribution < 1.29 is 4.74 Å². The van der Waals surface area contributed by atoms with E-state index in [0.717, 1.165) is 36.8 Å². The van der Waals surface area contributed by atoms with Crippen LogP contribution in [0, 0.1) is 0 Å². The van der Waals surface area contributed by atoms with E-state index in [-0.39, 0.29) is 0 Å². The van der Waals surface area contributed by atoms with Crippen LogP contribution in [0.25, 0.3) is 15.7 Å². The number of anilines is 1. The van der Waals surface area contributed by atoms with E-state index in [4.69, 9.17) is 10.5 Å². The molecule has 21 heavy (non-hydrogen) atoms. The first-order valence-corrected chi connectivity index (χ1v) is 7.51. The lowest BCUT2D eigenvalue weighted by Crippen LogP contribution is -2.16. The predicted octanol–water partition coefficient (Wildman–Crippen LogP) is 1.12. The molecular weight excluding hydrogens is 290 g/mol. The summed E-state index contributed by atoms with van der Waals surface area (Å²) in [5.41, 5.74) is 6.44. The highest BCUT2D eigenvalue weighted by Gasteiger charge is 2.24. The van der Waals surface area contributed by atoms with E-state index >= 15 is 0 Å². The molecule has 0 radical (unpaired) electrons. The van der Waals surface area contributed by atoms with E-state index in [9.17, 15) is 0 Å². The van der Waals surface area contributed by atoms with E-state index in [1.54, 1.807) is 16.9 Å². The van der Waals surface area contributed by atoms with Crippen molar-refractivity contribution in [1.29, 1.82) is 0 Å². The number of hydrogen-bond donors (Lipinski definition) is 1. The average molecular weight is 303 g/mol. The smallest absolute Gasteiger partial charge is 0.235 e. The molecule has 2 N–H and O–H groups in total. The van der Waals surface area contributed by atoms with Crippen LogP contribution in [0.4, 0.5) is 5.82 Å². The van der Waals surface area contributed by atoms with Gasteiger partial charge in [0.2, 0.25) is 4.96 Å². The number of rotatable bonds is 2. The van der Waals surface area contributed by atoms with Crippen molar-refractivity contribution in [1.82, 2.24) is 29.8 Å². The Bertz CT molecular complexity index is 777. The summed E-state index contributed by atoms with van der Waals surface area (Å²) in [6.45, 7) is 1.52. The fourth-order valence-electron chi connectivity index (χ4n) is 2.45. The van der Waals surface area contributed by atoms with E-state index in [0.29, 0.717) is 22.4 Å². The molecule has 0 bridgehead atoms. The van der Waals surface area contributed by atoms with Crippen LogP contribution in [0.2, 0.25) is 0 Å². The van der Waals surface area contributed by atoms with Gasteiger partial charge in [-0.1, -0.05) is 11.3 Å². The number of nitrogens with two attached hydrogens (primary N) is 1. The molecule has 1 saturated heterocycles. The van der Waals surface area contributed by atoms with Crippen molar-refractivity contribution in [2.75, 3.05) is 18.9 Å². The van der Waals surface area contributed by atoms with Gasteiger partial charge in [-0.05, 0) is 12.8 Å². The molecule has 9 heteroatoms. The van der Waals surface area contributed by atoms with E-state index < -0.39 is 0 Å². The van der Waals surface area contributed by atoms with Crippen molar-refractivity contribution >= 4 is 22.1 Å². The number of ether oxygens (including phenoxy) is 1. The Morgan fingerprint density at radius 3 is 2.81 bits per heavy atom. The van der Waals surface area contributed by atoms with Crippen molar-refractivity contribution in [3.05, 3.63) is 18.2 Å². The number of fused-ring (bicyclic) bond motifs is 1. The molecule has 0 unspecified atom stereocenters. The molecule has 1 aliphatic rings. The van der Waals surface area contributed by atoms with E-state index in [2.05, 4.69) is 25.3 Å². The second-order valence-corrected chi connectivity index (χ2v) is 5.79. The minimum absolute atomic E-state index is 0.336. The summed E-state index contributed by atoms with van der Waals surface area (Å²) >= 11 is 1.41. The monoisotopic (exact) mass is 303 g/mol. The molecule has 0 atom stereocenters. The summed E-state index contributed by atoms with van der Waals surface area (Å²) in [6, 6.07) is 0. The Labute approximate surface area is 124 Å². The van der Waals surface area contributed by atoms with Crippen molar-refractivity contribution in [3.8, 4) is 10.7 Å². The highest BCUT2D eigenvalue weighted by atomic mass is 32.1. The first-order valence-electron chi connectivity index (χ1n) is 6.69. The Hall–Kier alpha value is -2.13. The Morgan fingerprint density at radius 1 is 1.19 bits per heavy atom. The van der Waals surface area contributed by atoms with Crippen LogP contribution < -0.4 is 5.73 Å². The zero-order valence-corrected chi connectivity index (χ0v) is 12.0. The molecule has 0 amide bonds. The summed E-state index contributed by atoms with van der Waals surface area (Å²) in [4.78, 5) is 9.03. The molecule has 108 valence electrons. The lowest BCUT2D eigenvalue weighted by atomic mass is 10.00. The second-order valence-electron chi connectivity index (χ2n) is 4.84. The zero-order valence-electron chi connectivity index (χ0n) is 11.1. The van der Waals surface area contributed by atoms with Crippen LogP contribution in [0.5, 0.6) is 0 Å². The predicted molar refractivity (Wildman–Crippen MR) is 76.9 cm³/mol. The zero-order chi connectivity index (χ0) is 14.2. The molecule has 3 aromatic rings. The lowest BCUT2D eigenvalue weighted by Gasteiger charge is -2.19. The number of nitrogens with zero attached hydrogens (tertiary/aromatic N) is 6. The van der Waals surface area contributed by atoms with Gasteiger partial charge >= 0.3 is 0 Å².